The second kappa shape index (κ2) is 6.57. The zero-order chi connectivity index (χ0) is 15.5. The SMILES string of the molecule is CCc1ccc(C(=O)N2CCC(C)Sc3ccccc32)cc1. The minimum Gasteiger partial charge on any atom is -0.307 e. The van der Waals surface area contributed by atoms with Crippen LogP contribution in [0.3, 0.4) is 0 Å². The fourth-order valence-corrected chi connectivity index (χ4v) is 3.85. The molecule has 0 aliphatic carbocycles. The van der Waals surface area contributed by atoms with Crippen LogP contribution < -0.4 is 4.90 Å². The van der Waals surface area contributed by atoms with E-state index in [1.165, 1.54) is 10.5 Å². The molecular formula is C19H21NOS. The van der Waals surface area contributed by atoms with Crippen LogP contribution >= 0.6 is 11.8 Å². The Morgan fingerprint density at radius 2 is 1.91 bits per heavy atom. The molecule has 0 saturated carbocycles. The summed E-state index contributed by atoms with van der Waals surface area (Å²) in [5.41, 5.74) is 3.07. The van der Waals surface area contributed by atoms with Crippen LogP contribution in [0, 0.1) is 0 Å². The van der Waals surface area contributed by atoms with Crippen molar-refractivity contribution in [2.75, 3.05) is 11.4 Å². The summed E-state index contributed by atoms with van der Waals surface area (Å²) in [6.45, 7) is 5.13. The number of nitrogens with zero attached hydrogens (tertiary/aromatic N) is 1. The van der Waals surface area contributed by atoms with E-state index in [1.807, 2.05) is 53.1 Å². The van der Waals surface area contributed by atoms with Gasteiger partial charge in [-0.2, -0.15) is 0 Å². The fourth-order valence-electron chi connectivity index (χ4n) is 2.74. The van der Waals surface area contributed by atoms with E-state index in [2.05, 4.69) is 26.0 Å². The van der Waals surface area contributed by atoms with E-state index in [-0.39, 0.29) is 5.91 Å². The molecule has 2 aromatic carbocycles. The van der Waals surface area contributed by atoms with Crippen LogP contribution in [0.5, 0.6) is 0 Å². The fraction of sp³-hybridized carbons (Fsp3) is 0.316. The third-order valence-corrected chi connectivity index (χ3v) is 5.33. The van der Waals surface area contributed by atoms with Gasteiger partial charge in [0.25, 0.3) is 5.91 Å². The molecule has 1 aliphatic heterocycles. The van der Waals surface area contributed by atoms with Gasteiger partial charge in [-0.15, -0.1) is 11.8 Å². The van der Waals surface area contributed by atoms with E-state index in [4.69, 9.17) is 0 Å². The summed E-state index contributed by atoms with van der Waals surface area (Å²) in [6.07, 6.45) is 2.01. The lowest BCUT2D eigenvalue weighted by Gasteiger charge is -2.22. The summed E-state index contributed by atoms with van der Waals surface area (Å²) in [4.78, 5) is 16.1. The summed E-state index contributed by atoms with van der Waals surface area (Å²) in [7, 11) is 0. The molecule has 0 spiro atoms. The van der Waals surface area contributed by atoms with Gasteiger partial charge >= 0.3 is 0 Å². The number of aryl methyl sites for hydroxylation is 1. The number of fused-ring (bicyclic) bond motifs is 1. The largest absolute Gasteiger partial charge is 0.307 e. The van der Waals surface area contributed by atoms with Gasteiger partial charge < -0.3 is 4.90 Å². The lowest BCUT2D eigenvalue weighted by Crippen LogP contribution is -2.32. The first kappa shape index (κ1) is 15.2. The second-order valence-corrected chi connectivity index (χ2v) is 7.17. The molecule has 114 valence electrons. The van der Waals surface area contributed by atoms with Crippen molar-refractivity contribution in [1.82, 2.24) is 0 Å². The van der Waals surface area contributed by atoms with Gasteiger partial charge in [-0.05, 0) is 42.7 Å². The van der Waals surface area contributed by atoms with Crippen molar-refractivity contribution in [1.29, 1.82) is 0 Å². The molecule has 1 unspecified atom stereocenters. The van der Waals surface area contributed by atoms with Crippen molar-refractivity contribution < 1.29 is 4.79 Å². The topological polar surface area (TPSA) is 20.3 Å². The Balaban J connectivity index is 1.94. The van der Waals surface area contributed by atoms with Crippen LogP contribution in [0.15, 0.2) is 53.4 Å². The lowest BCUT2D eigenvalue weighted by atomic mass is 10.1. The Kier molecular flexibility index (Phi) is 4.53. The van der Waals surface area contributed by atoms with Crippen LogP contribution in [0.1, 0.15) is 36.2 Å². The molecule has 1 heterocycles. The zero-order valence-corrected chi connectivity index (χ0v) is 13.9. The maximum absolute atomic E-state index is 12.9. The lowest BCUT2D eigenvalue weighted by molar-refractivity contribution is 0.0986. The number of hydrogen-bond donors (Lipinski definition) is 0. The summed E-state index contributed by atoms with van der Waals surface area (Å²) >= 11 is 1.86. The third-order valence-electron chi connectivity index (χ3n) is 4.10. The van der Waals surface area contributed by atoms with Crippen molar-refractivity contribution in [3.63, 3.8) is 0 Å². The summed E-state index contributed by atoms with van der Waals surface area (Å²) in [6, 6.07) is 16.2. The highest BCUT2D eigenvalue weighted by atomic mass is 32.2. The number of anilines is 1. The van der Waals surface area contributed by atoms with Crippen LogP contribution in [-0.2, 0) is 6.42 Å². The highest BCUT2D eigenvalue weighted by Crippen LogP contribution is 2.37. The molecule has 0 aromatic heterocycles. The highest BCUT2D eigenvalue weighted by molar-refractivity contribution is 8.00. The zero-order valence-electron chi connectivity index (χ0n) is 13.1. The molecule has 2 nitrogen and oxygen atoms in total. The number of para-hydroxylation sites is 1. The van der Waals surface area contributed by atoms with Crippen molar-refractivity contribution in [3.8, 4) is 0 Å². The average Bonchev–Trinajstić information content (AvgIpc) is 2.72. The predicted molar refractivity (Wildman–Crippen MR) is 93.9 cm³/mol. The van der Waals surface area contributed by atoms with E-state index >= 15 is 0 Å². The van der Waals surface area contributed by atoms with Gasteiger partial charge in [-0.3, -0.25) is 4.79 Å². The monoisotopic (exact) mass is 311 g/mol. The second-order valence-electron chi connectivity index (χ2n) is 5.69. The Hall–Kier alpha value is -1.74. The molecule has 3 rings (SSSR count). The Bertz CT molecular complexity index is 665. The van der Waals surface area contributed by atoms with Crippen molar-refractivity contribution in [2.45, 2.75) is 36.8 Å². The van der Waals surface area contributed by atoms with E-state index in [1.54, 1.807) is 0 Å². The van der Waals surface area contributed by atoms with Gasteiger partial charge in [0.2, 0.25) is 0 Å². The highest BCUT2D eigenvalue weighted by Gasteiger charge is 2.24. The predicted octanol–water partition coefficient (Wildman–Crippen LogP) is 4.78. The first-order chi connectivity index (χ1) is 10.7. The molecule has 1 amide bonds. The summed E-state index contributed by atoms with van der Waals surface area (Å²) in [5, 5.41) is 0.529. The van der Waals surface area contributed by atoms with Crippen LogP contribution in [-0.4, -0.2) is 17.7 Å². The van der Waals surface area contributed by atoms with Crippen molar-refractivity contribution in [2.24, 2.45) is 0 Å². The standard InChI is InChI=1S/C19H21NOS/c1-3-15-8-10-16(11-9-15)19(21)20-13-12-14(2)22-18-7-5-4-6-17(18)20/h4-11,14H,3,12-13H2,1-2H3. The molecule has 1 aliphatic rings. The molecule has 0 bridgehead atoms. The average molecular weight is 311 g/mol. The molecule has 0 fully saturated rings. The molecule has 2 aromatic rings. The maximum Gasteiger partial charge on any atom is 0.258 e. The molecule has 0 N–H and O–H groups in total. The van der Waals surface area contributed by atoms with Gasteiger partial charge in [-0.1, -0.05) is 38.1 Å². The van der Waals surface area contributed by atoms with Gasteiger partial charge in [0.05, 0.1) is 5.69 Å². The molecule has 3 heteroatoms. The summed E-state index contributed by atoms with van der Waals surface area (Å²) in [5.74, 6) is 0.102. The molecule has 0 saturated heterocycles. The quantitative estimate of drug-likeness (QED) is 0.795. The number of carbonyl (C=O) groups is 1. The number of benzene rings is 2. The number of rotatable bonds is 2. The first-order valence-electron chi connectivity index (χ1n) is 7.85. The van der Waals surface area contributed by atoms with E-state index in [0.29, 0.717) is 5.25 Å². The maximum atomic E-state index is 12.9. The Morgan fingerprint density at radius 3 is 2.64 bits per heavy atom. The van der Waals surface area contributed by atoms with Crippen LogP contribution in [0.25, 0.3) is 0 Å². The number of amides is 1. The normalized spacial score (nSPS) is 17.7. The van der Waals surface area contributed by atoms with Crippen molar-refractivity contribution in [3.05, 3.63) is 59.7 Å². The minimum absolute atomic E-state index is 0.102. The molecule has 22 heavy (non-hydrogen) atoms. The van der Waals surface area contributed by atoms with E-state index in [9.17, 15) is 4.79 Å². The van der Waals surface area contributed by atoms with E-state index in [0.717, 1.165) is 30.6 Å². The van der Waals surface area contributed by atoms with Crippen LogP contribution in [0.4, 0.5) is 5.69 Å². The van der Waals surface area contributed by atoms with Gasteiger partial charge in [0.1, 0.15) is 0 Å². The van der Waals surface area contributed by atoms with E-state index < -0.39 is 0 Å². The van der Waals surface area contributed by atoms with Crippen molar-refractivity contribution >= 4 is 23.4 Å². The number of hydrogen-bond acceptors (Lipinski definition) is 2. The van der Waals surface area contributed by atoms with Gasteiger partial charge in [0, 0.05) is 22.3 Å². The van der Waals surface area contributed by atoms with Gasteiger partial charge in [-0.25, -0.2) is 0 Å². The Labute approximate surface area is 136 Å². The molecular weight excluding hydrogens is 290 g/mol. The summed E-state index contributed by atoms with van der Waals surface area (Å²) < 4.78 is 0. The third kappa shape index (κ3) is 3.05. The van der Waals surface area contributed by atoms with Gasteiger partial charge in [0.15, 0.2) is 0 Å². The molecule has 0 radical (unpaired) electrons. The Morgan fingerprint density at radius 1 is 1.18 bits per heavy atom. The molecule has 1 atom stereocenters. The number of carbonyl (C=O) groups excluding carboxylic acids is 1. The first-order valence-corrected chi connectivity index (χ1v) is 8.73. The smallest absolute Gasteiger partial charge is 0.258 e. The number of thioether (sulfide) groups is 1. The minimum atomic E-state index is 0.102. The van der Waals surface area contributed by atoms with Crippen LogP contribution in [0.2, 0.25) is 0 Å².